The van der Waals surface area contributed by atoms with Crippen molar-refractivity contribution >= 4 is 11.6 Å². The van der Waals surface area contributed by atoms with Gasteiger partial charge in [-0.1, -0.05) is 17.7 Å². The molecule has 2 N–H and O–H groups in total. The van der Waals surface area contributed by atoms with Crippen molar-refractivity contribution in [3.8, 4) is 0 Å². The molecule has 1 heterocycles. The fraction of sp³-hybridized carbons (Fsp3) is 0.357. The number of hydrogen-bond acceptors (Lipinski definition) is 2. The van der Waals surface area contributed by atoms with Crippen LogP contribution in [0.15, 0.2) is 18.2 Å². The number of aliphatic hydroxyl groups excluding tert-OH is 1. The average molecular weight is 265 g/mol. The van der Waals surface area contributed by atoms with E-state index in [0.717, 1.165) is 28.7 Å². The van der Waals surface area contributed by atoms with Gasteiger partial charge in [0.2, 0.25) is 0 Å². The van der Waals surface area contributed by atoms with E-state index in [2.05, 4.69) is 16.9 Å². The van der Waals surface area contributed by atoms with E-state index in [9.17, 15) is 0 Å². The predicted molar refractivity (Wildman–Crippen MR) is 73.1 cm³/mol. The van der Waals surface area contributed by atoms with Crippen molar-refractivity contribution in [2.24, 2.45) is 0 Å². The van der Waals surface area contributed by atoms with E-state index in [1.807, 2.05) is 25.1 Å². The molecule has 0 aliphatic carbocycles. The van der Waals surface area contributed by atoms with Gasteiger partial charge in [0.1, 0.15) is 5.82 Å². The van der Waals surface area contributed by atoms with Crippen LogP contribution in [0, 0.1) is 13.8 Å². The summed E-state index contributed by atoms with van der Waals surface area (Å²) in [7, 11) is 0. The highest BCUT2D eigenvalue weighted by atomic mass is 35.5. The van der Waals surface area contributed by atoms with Gasteiger partial charge in [-0.05, 0) is 37.1 Å². The standard InChI is InChI=1S/C14H17ClN2O/c1-9-3-4-12(15)7-11(9)8-13-10(2)16-14(17-13)5-6-18/h3-4,7,18H,5-6,8H2,1-2H3,(H,16,17). The number of aromatic amines is 1. The lowest BCUT2D eigenvalue weighted by atomic mass is 10.0. The Bertz CT molecular complexity index is 549. The number of aryl methyl sites for hydroxylation is 2. The molecule has 0 bridgehead atoms. The van der Waals surface area contributed by atoms with Crippen LogP contribution < -0.4 is 0 Å². The Morgan fingerprint density at radius 3 is 2.83 bits per heavy atom. The minimum Gasteiger partial charge on any atom is -0.396 e. The zero-order chi connectivity index (χ0) is 13.1. The van der Waals surface area contributed by atoms with Gasteiger partial charge in [-0.25, -0.2) is 4.98 Å². The van der Waals surface area contributed by atoms with Gasteiger partial charge in [0, 0.05) is 23.6 Å². The van der Waals surface area contributed by atoms with Gasteiger partial charge in [0.15, 0.2) is 0 Å². The number of nitrogens with zero attached hydrogens (tertiary/aromatic N) is 1. The largest absolute Gasteiger partial charge is 0.396 e. The van der Waals surface area contributed by atoms with E-state index in [1.165, 1.54) is 11.1 Å². The zero-order valence-corrected chi connectivity index (χ0v) is 11.4. The Hall–Kier alpha value is -1.32. The van der Waals surface area contributed by atoms with Crippen molar-refractivity contribution in [1.29, 1.82) is 0 Å². The van der Waals surface area contributed by atoms with Gasteiger partial charge in [-0.2, -0.15) is 0 Å². The maximum absolute atomic E-state index is 8.91. The van der Waals surface area contributed by atoms with Gasteiger partial charge in [0.25, 0.3) is 0 Å². The van der Waals surface area contributed by atoms with E-state index in [0.29, 0.717) is 6.42 Å². The molecule has 0 aliphatic heterocycles. The third-order valence-electron chi connectivity index (χ3n) is 3.05. The van der Waals surface area contributed by atoms with Crippen LogP contribution in [0.5, 0.6) is 0 Å². The third kappa shape index (κ3) is 2.92. The zero-order valence-electron chi connectivity index (χ0n) is 10.6. The molecule has 2 rings (SSSR count). The number of benzene rings is 1. The van der Waals surface area contributed by atoms with Crippen LogP contribution in [-0.2, 0) is 12.8 Å². The second kappa shape index (κ2) is 5.55. The van der Waals surface area contributed by atoms with Crippen LogP contribution >= 0.6 is 11.6 Å². The molecular formula is C14H17ClN2O. The summed E-state index contributed by atoms with van der Waals surface area (Å²) in [4.78, 5) is 7.70. The fourth-order valence-corrected chi connectivity index (χ4v) is 2.17. The molecule has 0 saturated carbocycles. The van der Waals surface area contributed by atoms with Crippen LogP contribution in [0.1, 0.15) is 28.3 Å². The number of imidazole rings is 1. The molecule has 0 unspecified atom stereocenters. The first kappa shape index (κ1) is 13.1. The number of nitrogens with one attached hydrogen (secondary N) is 1. The van der Waals surface area contributed by atoms with Crippen molar-refractivity contribution < 1.29 is 5.11 Å². The first-order chi connectivity index (χ1) is 8.60. The Morgan fingerprint density at radius 1 is 1.33 bits per heavy atom. The molecule has 18 heavy (non-hydrogen) atoms. The maximum Gasteiger partial charge on any atom is 0.108 e. The van der Waals surface area contributed by atoms with Gasteiger partial charge < -0.3 is 10.1 Å². The summed E-state index contributed by atoms with van der Waals surface area (Å²) < 4.78 is 0. The quantitative estimate of drug-likeness (QED) is 0.892. The highest BCUT2D eigenvalue weighted by Crippen LogP contribution is 2.19. The first-order valence-corrected chi connectivity index (χ1v) is 6.38. The molecule has 0 atom stereocenters. The van der Waals surface area contributed by atoms with Crippen molar-refractivity contribution in [3.05, 3.63) is 51.6 Å². The topological polar surface area (TPSA) is 48.9 Å². The van der Waals surface area contributed by atoms with Gasteiger partial charge >= 0.3 is 0 Å². The lowest BCUT2D eigenvalue weighted by molar-refractivity contribution is 0.297. The molecule has 0 spiro atoms. The number of H-pyrrole nitrogens is 1. The molecule has 0 saturated heterocycles. The molecule has 96 valence electrons. The van der Waals surface area contributed by atoms with E-state index in [-0.39, 0.29) is 6.61 Å². The Morgan fingerprint density at radius 2 is 2.11 bits per heavy atom. The number of aromatic nitrogens is 2. The minimum atomic E-state index is 0.114. The summed E-state index contributed by atoms with van der Waals surface area (Å²) in [5.41, 5.74) is 4.47. The van der Waals surface area contributed by atoms with E-state index >= 15 is 0 Å². The summed E-state index contributed by atoms with van der Waals surface area (Å²) in [6, 6.07) is 5.90. The molecule has 0 amide bonds. The SMILES string of the molecule is Cc1ccc(Cl)cc1Cc1nc(CCO)[nH]c1C. The van der Waals surface area contributed by atoms with Crippen LogP contribution in [0.2, 0.25) is 5.02 Å². The van der Waals surface area contributed by atoms with Gasteiger partial charge in [-0.15, -0.1) is 0 Å². The van der Waals surface area contributed by atoms with Gasteiger partial charge in [0.05, 0.1) is 12.3 Å². The summed E-state index contributed by atoms with van der Waals surface area (Å²) in [6.45, 7) is 4.19. The van der Waals surface area contributed by atoms with Crippen molar-refractivity contribution in [2.75, 3.05) is 6.61 Å². The van der Waals surface area contributed by atoms with Crippen molar-refractivity contribution in [3.63, 3.8) is 0 Å². The molecule has 1 aromatic heterocycles. The van der Waals surface area contributed by atoms with E-state index in [1.54, 1.807) is 0 Å². The highest BCUT2D eigenvalue weighted by Gasteiger charge is 2.09. The molecule has 3 nitrogen and oxygen atoms in total. The molecule has 0 fully saturated rings. The lowest BCUT2D eigenvalue weighted by Gasteiger charge is -2.05. The predicted octanol–water partition coefficient (Wildman–Crippen LogP) is 2.81. The second-order valence-corrected chi connectivity index (χ2v) is 4.91. The summed E-state index contributed by atoms with van der Waals surface area (Å²) >= 11 is 6.02. The Balaban J connectivity index is 2.25. The smallest absolute Gasteiger partial charge is 0.108 e. The summed E-state index contributed by atoms with van der Waals surface area (Å²) in [5.74, 6) is 0.838. The minimum absolute atomic E-state index is 0.114. The number of halogens is 1. The second-order valence-electron chi connectivity index (χ2n) is 4.48. The Labute approximate surface area is 112 Å². The molecule has 1 aromatic carbocycles. The summed E-state index contributed by atoms with van der Waals surface area (Å²) in [5, 5.41) is 9.66. The molecular weight excluding hydrogens is 248 g/mol. The molecule has 4 heteroatoms. The van der Waals surface area contributed by atoms with E-state index in [4.69, 9.17) is 16.7 Å². The monoisotopic (exact) mass is 264 g/mol. The normalized spacial score (nSPS) is 10.9. The third-order valence-corrected chi connectivity index (χ3v) is 3.29. The number of hydrogen-bond donors (Lipinski definition) is 2. The Kier molecular flexibility index (Phi) is 4.04. The van der Waals surface area contributed by atoms with Gasteiger partial charge in [-0.3, -0.25) is 0 Å². The average Bonchev–Trinajstić information content (AvgIpc) is 2.65. The first-order valence-electron chi connectivity index (χ1n) is 6.00. The maximum atomic E-state index is 8.91. The lowest BCUT2D eigenvalue weighted by Crippen LogP contribution is -1.95. The molecule has 0 aliphatic rings. The number of aliphatic hydroxyl groups is 1. The van der Waals surface area contributed by atoms with Crippen LogP contribution in [0.25, 0.3) is 0 Å². The van der Waals surface area contributed by atoms with Crippen molar-refractivity contribution in [2.45, 2.75) is 26.7 Å². The highest BCUT2D eigenvalue weighted by molar-refractivity contribution is 6.30. The number of rotatable bonds is 4. The van der Waals surface area contributed by atoms with E-state index < -0.39 is 0 Å². The van der Waals surface area contributed by atoms with Crippen LogP contribution in [0.3, 0.4) is 0 Å². The molecule has 0 radical (unpaired) electrons. The fourth-order valence-electron chi connectivity index (χ4n) is 1.97. The summed E-state index contributed by atoms with van der Waals surface area (Å²) in [6.07, 6.45) is 1.33. The molecule has 2 aromatic rings. The van der Waals surface area contributed by atoms with Crippen molar-refractivity contribution in [1.82, 2.24) is 9.97 Å². The van der Waals surface area contributed by atoms with Crippen LogP contribution in [0.4, 0.5) is 0 Å². The van der Waals surface area contributed by atoms with Crippen LogP contribution in [-0.4, -0.2) is 21.7 Å².